The van der Waals surface area contributed by atoms with Gasteiger partial charge >= 0.3 is 0 Å². The Morgan fingerprint density at radius 1 is 0.913 bits per heavy atom. The van der Waals surface area contributed by atoms with E-state index in [1.807, 2.05) is 0 Å². The summed E-state index contributed by atoms with van der Waals surface area (Å²) >= 11 is 0. The van der Waals surface area contributed by atoms with Crippen molar-refractivity contribution in [2.45, 2.75) is 0 Å². The van der Waals surface area contributed by atoms with Crippen LogP contribution in [-0.2, 0) is 14.9 Å². The highest BCUT2D eigenvalue weighted by molar-refractivity contribution is 7.86. The topological polar surface area (TPSA) is 53.1 Å². The van der Waals surface area contributed by atoms with Gasteiger partial charge in [-0.1, -0.05) is 6.07 Å². The highest BCUT2D eigenvalue weighted by Crippen LogP contribution is 2.24. The van der Waals surface area contributed by atoms with E-state index in [0.717, 1.165) is 6.07 Å². The summed E-state index contributed by atoms with van der Waals surface area (Å²) < 4.78 is 60.2. The molecule has 6 nitrogen and oxygen atoms in total. The van der Waals surface area contributed by atoms with E-state index in [-0.39, 0.29) is 18.8 Å². The molecule has 0 unspecified atom stereocenters. The quantitative estimate of drug-likeness (QED) is 0.806. The molecule has 0 amide bonds. The van der Waals surface area contributed by atoms with Crippen molar-refractivity contribution in [1.29, 1.82) is 0 Å². The molecule has 0 aromatic heterocycles. The lowest BCUT2D eigenvalue weighted by Crippen LogP contribution is -2.55. The number of ether oxygens (including phenoxy) is 1. The minimum atomic E-state index is -3.52. The number of nitrogens with zero attached hydrogens (tertiary/aromatic N) is 3. The van der Waals surface area contributed by atoms with Gasteiger partial charge in [-0.2, -0.15) is 17.0 Å². The summed E-state index contributed by atoms with van der Waals surface area (Å²) in [7, 11) is -3.52. The zero-order valence-corrected chi connectivity index (χ0v) is 13.4. The number of halogens is 2. The van der Waals surface area contributed by atoms with Gasteiger partial charge in [-0.3, -0.25) is 0 Å². The summed E-state index contributed by atoms with van der Waals surface area (Å²) in [6.45, 7) is 2.63. The molecule has 9 heteroatoms. The van der Waals surface area contributed by atoms with Gasteiger partial charge in [-0.05, 0) is 12.1 Å². The van der Waals surface area contributed by atoms with Crippen LogP contribution < -0.4 is 4.90 Å². The van der Waals surface area contributed by atoms with Gasteiger partial charge in [0.15, 0.2) is 11.6 Å². The predicted molar refractivity (Wildman–Crippen MR) is 81.5 cm³/mol. The first-order valence-electron chi connectivity index (χ1n) is 7.52. The molecule has 0 N–H and O–H groups in total. The van der Waals surface area contributed by atoms with Gasteiger partial charge in [0.2, 0.25) is 0 Å². The minimum absolute atomic E-state index is 0.174. The normalized spacial score (nSPS) is 21.6. The number of rotatable bonds is 3. The van der Waals surface area contributed by atoms with Crippen LogP contribution in [0.5, 0.6) is 0 Å². The molecule has 0 aliphatic carbocycles. The third kappa shape index (κ3) is 3.32. The molecule has 3 rings (SSSR count). The van der Waals surface area contributed by atoms with E-state index in [0.29, 0.717) is 39.4 Å². The fraction of sp³-hybridized carbons (Fsp3) is 0.571. The molecular formula is C14H19F2N3O3S. The van der Waals surface area contributed by atoms with Crippen molar-refractivity contribution in [2.75, 3.05) is 57.4 Å². The molecule has 2 aliphatic heterocycles. The van der Waals surface area contributed by atoms with Gasteiger partial charge in [0.25, 0.3) is 10.2 Å². The lowest BCUT2D eigenvalue weighted by Gasteiger charge is -2.38. The Kier molecular flexibility index (Phi) is 4.81. The summed E-state index contributed by atoms with van der Waals surface area (Å²) in [5, 5.41) is 0. The molecule has 0 spiro atoms. The summed E-state index contributed by atoms with van der Waals surface area (Å²) in [6.07, 6.45) is 0. The predicted octanol–water partition coefficient (Wildman–Crippen LogP) is 0.664. The second kappa shape index (κ2) is 6.68. The molecule has 0 bridgehead atoms. The van der Waals surface area contributed by atoms with Gasteiger partial charge < -0.3 is 9.64 Å². The third-order valence-corrected chi connectivity index (χ3v) is 6.17. The van der Waals surface area contributed by atoms with E-state index < -0.39 is 21.8 Å². The molecular weight excluding hydrogens is 328 g/mol. The second-order valence-corrected chi connectivity index (χ2v) is 7.41. The average molecular weight is 347 g/mol. The van der Waals surface area contributed by atoms with Gasteiger partial charge in [0.05, 0.1) is 18.9 Å². The van der Waals surface area contributed by atoms with Crippen molar-refractivity contribution in [1.82, 2.24) is 8.61 Å². The molecule has 2 aliphatic rings. The van der Waals surface area contributed by atoms with Crippen LogP contribution >= 0.6 is 0 Å². The zero-order valence-electron chi connectivity index (χ0n) is 12.6. The molecule has 2 saturated heterocycles. The number of anilines is 1. The van der Waals surface area contributed by atoms with Crippen LogP contribution in [0, 0.1) is 11.6 Å². The molecule has 0 radical (unpaired) electrons. The van der Waals surface area contributed by atoms with Crippen LogP contribution in [0.2, 0.25) is 0 Å². The third-order valence-electron chi connectivity index (χ3n) is 4.13. The molecule has 0 atom stereocenters. The monoisotopic (exact) mass is 347 g/mol. The average Bonchev–Trinajstić information content (AvgIpc) is 2.58. The molecule has 2 heterocycles. The number of hydrogen-bond acceptors (Lipinski definition) is 4. The summed E-state index contributed by atoms with van der Waals surface area (Å²) in [5.74, 6) is -1.79. The fourth-order valence-electron chi connectivity index (χ4n) is 2.84. The van der Waals surface area contributed by atoms with E-state index in [2.05, 4.69) is 0 Å². The Morgan fingerprint density at radius 3 is 2.17 bits per heavy atom. The van der Waals surface area contributed by atoms with Crippen molar-refractivity contribution >= 4 is 15.9 Å². The van der Waals surface area contributed by atoms with Crippen LogP contribution in [-0.4, -0.2) is 69.5 Å². The summed E-state index contributed by atoms with van der Waals surface area (Å²) in [4.78, 5) is 1.67. The number of piperazine rings is 1. The second-order valence-electron chi connectivity index (χ2n) is 5.48. The van der Waals surface area contributed by atoms with Crippen LogP contribution in [0.1, 0.15) is 0 Å². The van der Waals surface area contributed by atoms with Gasteiger partial charge in [-0.15, -0.1) is 0 Å². The molecule has 128 valence electrons. The lowest BCUT2D eigenvalue weighted by molar-refractivity contribution is 0.0700. The SMILES string of the molecule is O=S(=O)(N1CCOCC1)N1CCN(c2cccc(F)c2F)CC1. The maximum absolute atomic E-state index is 13.8. The van der Waals surface area contributed by atoms with Crippen molar-refractivity contribution in [3.8, 4) is 0 Å². The van der Waals surface area contributed by atoms with Gasteiger partial charge in [-0.25, -0.2) is 8.78 Å². The first-order chi connectivity index (χ1) is 11.0. The Morgan fingerprint density at radius 2 is 1.52 bits per heavy atom. The molecule has 1 aromatic rings. The smallest absolute Gasteiger partial charge is 0.282 e. The Bertz CT molecular complexity index is 657. The van der Waals surface area contributed by atoms with Crippen LogP contribution in [0.25, 0.3) is 0 Å². The minimum Gasteiger partial charge on any atom is -0.379 e. The summed E-state index contributed by atoms with van der Waals surface area (Å²) in [5.41, 5.74) is 0.174. The first-order valence-corrected chi connectivity index (χ1v) is 8.92. The number of morpholine rings is 1. The Balaban J connectivity index is 1.67. The lowest BCUT2D eigenvalue weighted by atomic mass is 10.2. The van der Waals surface area contributed by atoms with E-state index in [4.69, 9.17) is 4.74 Å². The highest BCUT2D eigenvalue weighted by atomic mass is 32.2. The maximum atomic E-state index is 13.8. The Labute approximate surface area is 134 Å². The number of benzene rings is 1. The van der Waals surface area contributed by atoms with E-state index in [1.54, 1.807) is 4.90 Å². The Hall–Kier alpha value is -1.29. The molecule has 2 fully saturated rings. The van der Waals surface area contributed by atoms with E-state index in [9.17, 15) is 17.2 Å². The zero-order chi connectivity index (χ0) is 16.4. The molecule has 0 saturated carbocycles. The van der Waals surface area contributed by atoms with Crippen molar-refractivity contribution in [3.63, 3.8) is 0 Å². The fourth-order valence-corrected chi connectivity index (χ4v) is 4.40. The maximum Gasteiger partial charge on any atom is 0.282 e. The van der Waals surface area contributed by atoms with E-state index in [1.165, 1.54) is 20.7 Å². The van der Waals surface area contributed by atoms with Gasteiger partial charge in [0.1, 0.15) is 0 Å². The number of hydrogen-bond donors (Lipinski definition) is 0. The van der Waals surface area contributed by atoms with E-state index >= 15 is 0 Å². The standard InChI is InChI=1S/C14H19F2N3O3S/c15-12-2-1-3-13(14(12)16)17-4-6-18(7-5-17)23(20,21)19-8-10-22-11-9-19/h1-3H,4-11H2. The van der Waals surface area contributed by atoms with Crippen LogP contribution in [0.15, 0.2) is 18.2 Å². The highest BCUT2D eigenvalue weighted by Gasteiger charge is 2.33. The largest absolute Gasteiger partial charge is 0.379 e. The summed E-state index contributed by atoms with van der Waals surface area (Å²) in [6, 6.07) is 4.02. The van der Waals surface area contributed by atoms with Crippen molar-refractivity contribution in [3.05, 3.63) is 29.8 Å². The van der Waals surface area contributed by atoms with Gasteiger partial charge in [0, 0.05) is 39.3 Å². The van der Waals surface area contributed by atoms with Crippen LogP contribution in [0.4, 0.5) is 14.5 Å². The molecule has 1 aromatic carbocycles. The first kappa shape index (κ1) is 16.6. The van der Waals surface area contributed by atoms with Crippen LogP contribution in [0.3, 0.4) is 0 Å². The van der Waals surface area contributed by atoms with Crippen molar-refractivity contribution < 1.29 is 21.9 Å². The van der Waals surface area contributed by atoms with Crippen molar-refractivity contribution in [2.24, 2.45) is 0 Å². The molecule has 23 heavy (non-hydrogen) atoms.